The van der Waals surface area contributed by atoms with Crippen molar-refractivity contribution in [3.8, 4) is 0 Å². The van der Waals surface area contributed by atoms with Gasteiger partial charge >= 0.3 is 0 Å². The number of piperazine rings is 1. The molecule has 1 saturated carbocycles. The van der Waals surface area contributed by atoms with Crippen LogP contribution in [-0.4, -0.2) is 51.9 Å². The van der Waals surface area contributed by atoms with Gasteiger partial charge in [0.15, 0.2) is 0 Å². The van der Waals surface area contributed by atoms with Crippen LogP contribution in [0.3, 0.4) is 0 Å². The first-order valence-electron chi connectivity index (χ1n) is 10.2. The van der Waals surface area contributed by atoms with Gasteiger partial charge in [0.1, 0.15) is 23.8 Å². The quantitative estimate of drug-likeness (QED) is 0.859. The molecule has 0 unspecified atom stereocenters. The lowest BCUT2D eigenvalue weighted by Crippen LogP contribution is -2.49. The second-order valence-corrected chi connectivity index (χ2v) is 7.83. The molecule has 1 N–H and O–H groups in total. The zero-order valence-corrected chi connectivity index (χ0v) is 16.5. The van der Waals surface area contributed by atoms with Crippen LogP contribution in [0.15, 0.2) is 30.7 Å². The Balaban J connectivity index is 1.33. The fourth-order valence-corrected chi connectivity index (χ4v) is 4.10. The molecule has 0 aromatic carbocycles. The van der Waals surface area contributed by atoms with Gasteiger partial charge in [-0.1, -0.05) is 12.8 Å². The average molecular weight is 380 g/mol. The van der Waals surface area contributed by atoms with Gasteiger partial charge in [0.25, 0.3) is 0 Å². The van der Waals surface area contributed by atoms with Crippen LogP contribution >= 0.6 is 0 Å². The molecule has 0 spiro atoms. The number of aryl methyl sites for hydroxylation is 1. The second kappa shape index (κ2) is 8.54. The molecule has 1 aliphatic heterocycles. The average Bonchev–Trinajstić information content (AvgIpc) is 3.21. The van der Waals surface area contributed by atoms with Gasteiger partial charge in [0, 0.05) is 44.9 Å². The zero-order chi connectivity index (χ0) is 19.3. The highest BCUT2D eigenvalue weighted by atomic mass is 16.2. The van der Waals surface area contributed by atoms with Gasteiger partial charge < -0.3 is 15.1 Å². The Labute approximate surface area is 166 Å². The van der Waals surface area contributed by atoms with Crippen molar-refractivity contribution >= 4 is 23.4 Å². The minimum atomic E-state index is 0.321. The summed E-state index contributed by atoms with van der Waals surface area (Å²) in [5, 5.41) is 3.24. The highest BCUT2D eigenvalue weighted by Gasteiger charge is 2.25. The standard InChI is InChI=1S/C21H28N6O/c1-16-6-7-22-18(12-16)25-19-14-20(24-15-23-19)26-8-10-27(11-9-26)21(28)13-17-4-2-3-5-17/h6-7,12,14-15,17H,2-5,8-11,13H2,1H3,(H,22,23,24,25). The van der Waals surface area contributed by atoms with Crippen molar-refractivity contribution in [1.82, 2.24) is 19.9 Å². The predicted molar refractivity (Wildman–Crippen MR) is 110 cm³/mol. The van der Waals surface area contributed by atoms with E-state index in [-0.39, 0.29) is 0 Å². The summed E-state index contributed by atoms with van der Waals surface area (Å²) >= 11 is 0. The van der Waals surface area contributed by atoms with E-state index in [2.05, 4.69) is 25.2 Å². The monoisotopic (exact) mass is 380 g/mol. The van der Waals surface area contributed by atoms with Crippen LogP contribution in [-0.2, 0) is 4.79 Å². The van der Waals surface area contributed by atoms with Gasteiger partial charge in [-0.2, -0.15) is 0 Å². The predicted octanol–water partition coefficient (Wildman–Crippen LogP) is 3.15. The van der Waals surface area contributed by atoms with Crippen LogP contribution in [0.5, 0.6) is 0 Å². The smallest absolute Gasteiger partial charge is 0.222 e. The molecule has 4 rings (SSSR count). The van der Waals surface area contributed by atoms with Crippen LogP contribution in [0.2, 0.25) is 0 Å². The molecular formula is C21H28N6O. The summed E-state index contributed by atoms with van der Waals surface area (Å²) in [6, 6.07) is 5.89. The fourth-order valence-electron chi connectivity index (χ4n) is 4.10. The fraction of sp³-hybridized carbons (Fsp3) is 0.524. The van der Waals surface area contributed by atoms with Crippen LogP contribution in [0.4, 0.5) is 17.5 Å². The van der Waals surface area contributed by atoms with Gasteiger partial charge in [-0.15, -0.1) is 0 Å². The number of carbonyl (C=O) groups is 1. The first-order chi connectivity index (χ1) is 13.7. The summed E-state index contributed by atoms with van der Waals surface area (Å²) < 4.78 is 0. The van der Waals surface area contributed by atoms with Crippen molar-refractivity contribution in [3.63, 3.8) is 0 Å². The molecule has 2 aliphatic rings. The summed E-state index contributed by atoms with van der Waals surface area (Å²) in [4.78, 5) is 29.8. The number of pyridine rings is 1. The molecule has 2 aromatic rings. The molecular weight excluding hydrogens is 352 g/mol. The third kappa shape index (κ3) is 4.58. The van der Waals surface area contributed by atoms with Gasteiger partial charge in [-0.05, 0) is 43.4 Å². The van der Waals surface area contributed by atoms with E-state index >= 15 is 0 Å². The first kappa shape index (κ1) is 18.7. The molecule has 1 amide bonds. The normalized spacial score (nSPS) is 17.8. The molecule has 7 nitrogen and oxygen atoms in total. The number of carbonyl (C=O) groups excluding carboxylic acids is 1. The number of nitrogens with zero attached hydrogens (tertiary/aromatic N) is 5. The number of aromatic nitrogens is 3. The van der Waals surface area contributed by atoms with E-state index in [1.54, 1.807) is 12.5 Å². The zero-order valence-electron chi connectivity index (χ0n) is 16.5. The Morgan fingerprint density at radius 1 is 1.07 bits per heavy atom. The highest BCUT2D eigenvalue weighted by molar-refractivity contribution is 5.76. The summed E-state index contributed by atoms with van der Waals surface area (Å²) in [5.74, 6) is 3.31. The van der Waals surface area contributed by atoms with Crippen molar-refractivity contribution in [2.45, 2.75) is 39.0 Å². The summed E-state index contributed by atoms with van der Waals surface area (Å²) in [7, 11) is 0. The molecule has 28 heavy (non-hydrogen) atoms. The van der Waals surface area contributed by atoms with Gasteiger partial charge in [0.2, 0.25) is 5.91 Å². The van der Waals surface area contributed by atoms with Crippen molar-refractivity contribution in [2.75, 3.05) is 36.4 Å². The molecule has 7 heteroatoms. The Kier molecular flexibility index (Phi) is 5.69. The van der Waals surface area contributed by atoms with E-state index in [9.17, 15) is 4.79 Å². The van der Waals surface area contributed by atoms with Gasteiger partial charge in [-0.25, -0.2) is 15.0 Å². The van der Waals surface area contributed by atoms with E-state index in [0.717, 1.165) is 55.6 Å². The molecule has 0 bridgehead atoms. The number of rotatable bonds is 5. The topological polar surface area (TPSA) is 74.2 Å². The van der Waals surface area contributed by atoms with Crippen molar-refractivity contribution in [2.24, 2.45) is 5.92 Å². The highest BCUT2D eigenvalue weighted by Crippen LogP contribution is 2.28. The van der Waals surface area contributed by atoms with E-state index in [1.807, 2.05) is 30.0 Å². The lowest BCUT2D eigenvalue weighted by Gasteiger charge is -2.36. The van der Waals surface area contributed by atoms with E-state index < -0.39 is 0 Å². The largest absolute Gasteiger partial charge is 0.353 e. The third-order valence-electron chi connectivity index (χ3n) is 5.72. The summed E-state index contributed by atoms with van der Waals surface area (Å²) in [5.41, 5.74) is 1.14. The molecule has 1 saturated heterocycles. The summed E-state index contributed by atoms with van der Waals surface area (Å²) in [6.07, 6.45) is 9.09. The number of hydrogen-bond donors (Lipinski definition) is 1. The number of hydrogen-bond acceptors (Lipinski definition) is 6. The Hall–Kier alpha value is -2.70. The number of nitrogens with one attached hydrogen (secondary N) is 1. The third-order valence-corrected chi connectivity index (χ3v) is 5.72. The Morgan fingerprint density at radius 2 is 1.82 bits per heavy atom. The van der Waals surface area contributed by atoms with Crippen LogP contribution in [0, 0.1) is 12.8 Å². The van der Waals surface area contributed by atoms with Gasteiger partial charge in [-0.3, -0.25) is 4.79 Å². The maximum absolute atomic E-state index is 12.5. The van der Waals surface area contributed by atoms with Crippen molar-refractivity contribution < 1.29 is 4.79 Å². The Bertz CT molecular complexity index is 812. The SMILES string of the molecule is Cc1ccnc(Nc2cc(N3CCN(C(=O)CC4CCCC4)CC3)ncn2)c1. The molecule has 3 heterocycles. The maximum Gasteiger partial charge on any atom is 0.222 e. The van der Waals surface area contributed by atoms with Gasteiger partial charge in [0.05, 0.1) is 0 Å². The lowest BCUT2D eigenvalue weighted by atomic mass is 10.0. The molecule has 0 atom stereocenters. The van der Waals surface area contributed by atoms with E-state index in [0.29, 0.717) is 11.8 Å². The number of amides is 1. The molecule has 2 fully saturated rings. The van der Waals surface area contributed by atoms with Crippen LogP contribution in [0.25, 0.3) is 0 Å². The lowest BCUT2D eigenvalue weighted by molar-refractivity contribution is -0.132. The molecule has 2 aromatic heterocycles. The van der Waals surface area contributed by atoms with E-state index in [1.165, 1.54) is 25.7 Å². The molecule has 1 aliphatic carbocycles. The maximum atomic E-state index is 12.5. The first-order valence-corrected chi connectivity index (χ1v) is 10.2. The summed E-state index contributed by atoms with van der Waals surface area (Å²) in [6.45, 7) is 5.16. The molecule has 148 valence electrons. The Morgan fingerprint density at radius 3 is 2.57 bits per heavy atom. The van der Waals surface area contributed by atoms with Crippen molar-refractivity contribution in [1.29, 1.82) is 0 Å². The van der Waals surface area contributed by atoms with E-state index in [4.69, 9.17) is 0 Å². The second-order valence-electron chi connectivity index (χ2n) is 7.83. The minimum absolute atomic E-state index is 0.321. The van der Waals surface area contributed by atoms with Crippen LogP contribution < -0.4 is 10.2 Å². The number of anilines is 3. The van der Waals surface area contributed by atoms with Crippen LogP contribution in [0.1, 0.15) is 37.7 Å². The van der Waals surface area contributed by atoms with Crippen molar-refractivity contribution in [3.05, 3.63) is 36.3 Å². The molecule has 0 radical (unpaired) electrons. The minimum Gasteiger partial charge on any atom is -0.353 e.